The van der Waals surface area contributed by atoms with Gasteiger partial charge in [-0.1, -0.05) is 18.2 Å². The number of nitrogens with zero attached hydrogens (tertiary/aromatic N) is 2. The first-order valence-electron chi connectivity index (χ1n) is 9.52. The summed E-state index contributed by atoms with van der Waals surface area (Å²) in [5, 5.41) is 1.20. The smallest absolute Gasteiger partial charge is 0.264 e. The topological polar surface area (TPSA) is 75.9 Å². The van der Waals surface area contributed by atoms with Crippen LogP contribution >= 0.6 is 11.3 Å². The second kappa shape index (κ2) is 7.96. The lowest BCUT2D eigenvalue weighted by Gasteiger charge is -2.27. The second-order valence-corrected chi connectivity index (χ2v) is 8.30. The molecule has 27 heavy (non-hydrogen) atoms. The number of morpholine rings is 1. The van der Waals surface area contributed by atoms with Crippen LogP contribution in [0.4, 0.5) is 0 Å². The van der Waals surface area contributed by atoms with E-state index >= 15 is 0 Å². The maximum Gasteiger partial charge on any atom is 0.264 e. The van der Waals surface area contributed by atoms with Crippen molar-refractivity contribution in [2.45, 2.75) is 18.8 Å². The van der Waals surface area contributed by atoms with E-state index in [0.717, 1.165) is 24.4 Å². The molecule has 0 radical (unpaired) electrons. The molecule has 2 amide bonds. The Hall–Kier alpha value is -1.96. The van der Waals surface area contributed by atoms with Crippen LogP contribution in [0.25, 0.3) is 10.1 Å². The highest BCUT2D eigenvalue weighted by atomic mass is 32.1. The predicted molar refractivity (Wildman–Crippen MR) is 106 cm³/mol. The highest BCUT2D eigenvalue weighted by Gasteiger charge is 2.32. The van der Waals surface area contributed by atoms with Crippen LogP contribution in [0.1, 0.15) is 34.0 Å². The average Bonchev–Trinajstić information content (AvgIpc) is 3.30. The molecule has 3 heterocycles. The highest BCUT2D eigenvalue weighted by molar-refractivity contribution is 7.21. The van der Waals surface area contributed by atoms with E-state index in [1.807, 2.05) is 17.0 Å². The fourth-order valence-corrected chi connectivity index (χ4v) is 5.34. The van der Waals surface area contributed by atoms with Crippen LogP contribution in [-0.2, 0) is 9.53 Å². The summed E-state index contributed by atoms with van der Waals surface area (Å²) in [4.78, 5) is 29.4. The van der Waals surface area contributed by atoms with Crippen LogP contribution in [-0.4, -0.2) is 67.6 Å². The summed E-state index contributed by atoms with van der Waals surface area (Å²) < 4.78 is 6.57. The van der Waals surface area contributed by atoms with E-state index in [-0.39, 0.29) is 11.8 Å². The minimum atomic E-state index is -0.261. The minimum Gasteiger partial charge on any atom is -0.378 e. The number of primary amides is 1. The molecule has 1 aromatic carbocycles. The third-order valence-corrected chi connectivity index (χ3v) is 6.66. The summed E-state index contributed by atoms with van der Waals surface area (Å²) in [6.45, 7) is 5.03. The van der Waals surface area contributed by atoms with Crippen LogP contribution in [0.2, 0.25) is 0 Å². The number of carbonyl (C=O) groups excluding carboxylic acids is 2. The molecule has 0 spiro atoms. The third kappa shape index (κ3) is 3.85. The van der Waals surface area contributed by atoms with Crippen molar-refractivity contribution in [3.05, 3.63) is 34.7 Å². The lowest BCUT2D eigenvalue weighted by molar-refractivity contribution is -0.118. The maximum atomic E-state index is 13.2. The van der Waals surface area contributed by atoms with Gasteiger partial charge in [0.05, 0.1) is 18.1 Å². The van der Waals surface area contributed by atoms with Gasteiger partial charge in [-0.25, -0.2) is 0 Å². The van der Waals surface area contributed by atoms with Crippen molar-refractivity contribution in [1.82, 2.24) is 9.80 Å². The van der Waals surface area contributed by atoms with Crippen molar-refractivity contribution >= 4 is 33.2 Å². The lowest BCUT2D eigenvalue weighted by atomic mass is 9.94. The number of nitrogens with two attached hydrogens (primary N) is 1. The van der Waals surface area contributed by atoms with Gasteiger partial charge in [0.25, 0.3) is 5.91 Å². The van der Waals surface area contributed by atoms with Gasteiger partial charge in [-0.3, -0.25) is 9.59 Å². The molecule has 0 saturated carbocycles. The SMILES string of the molecule is NC(=O)CCN1CC[C@H](c2c(C(=O)N3CCOCC3)sc3ccccc23)C1. The van der Waals surface area contributed by atoms with Crippen molar-refractivity contribution in [3.8, 4) is 0 Å². The minimum absolute atomic E-state index is 0.130. The molecule has 0 aliphatic carbocycles. The molecule has 2 aliphatic rings. The van der Waals surface area contributed by atoms with Crippen molar-refractivity contribution in [1.29, 1.82) is 0 Å². The van der Waals surface area contributed by atoms with Crippen LogP contribution in [0.3, 0.4) is 0 Å². The Balaban J connectivity index is 1.63. The first-order valence-corrected chi connectivity index (χ1v) is 10.3. The van der Waals surface area contributed by atoms with Crippen LogP contribution in [0.5, 0.6) is 0 Å². The zero-order valence-corrected chi connectivity index (χ0v) is 16.2. The second-order valence-electron chi connectivity index (χ2n) is 7.25. The number of carbonyl (C=O) groups is 2. The maximum absolute atomic E-state index is 13.2. The van der Waals surface area contributed by atoms with Crippen molar-refractivity contribution in [2.24, 2.45) is 5.73 Å². The van der Waals surface area contributed by atoms with Gasteiger partial charge in [0.15, 0.2) is 0 Å². The fourth-order valence-electron chi connectivity index (χ4n) is 4.08. The molecule has 2 fully saturated rings. The molecule has 6 nitrogen and oxygen atoms in total. The molecule has 0 bridgehead atoms. The van der Waals surface area contributed by atoms with Crippen molar-refractivity contribution in [2.75, 3.05) is 45.9 Å². The van der Waals surface area contributed by atoms with E-state index < -0.39 is 0 Å². The van der Waals surface area contributed by atoms with E-state index in [4.69, 9.17) is 10.5 Å². The molecule has 144 valence electrons. The summed E-state index contributed by atoms with van der Waals surface area (Å²) in [6, 6.07) is 8.30. The van der Waals surface area contributed by atoms with Gasteiger partial charge in [0, 0.05) is 43.2 Å². The van der Waals surface area contributed by atoms with Gasteiger partial charge in [-0.05, 0) is 30.0 Å². The molecule has 7 heteroatoms. The number of likely N-dealkylation sites (tertiary alicyclic amines) is 1. The first-order chi connectivity index (χ1) is 13.1. The standard InChI is InChI=1S/C20H25N3O3S/c21-17(24)6-8-22-7-5-14(13-22)18-15-3-1-2-4-16(15)27-19(18)20(25)23-9-11-26-12-10-23/h1-4,14H,5-13H2,(H2,21,24)/t14-/m0/s1. The lowest BCUT2D eigenvalue weighted by Crippen LogP contribution is -2.40. The normalized spacial score (nSPS) is 21.0. The van der Waals surface area contributed by atoms with Gasteiger partial charge < -0.3 is 20.3 Å². The molecule has 2 N–H and O–H groups in total. The summed E-state index contributed by atoms with van der Waals surface area (Å²) >= 11 is 1.61. The van der Waals surface area contributed by atoms with Gasteiger partial charge in [0.2, 0.25) is 5.91 Å². The van der Waals surface area contributed by atoms with Crippen LogP contribution in [0.15, 0.2) is 24.3 Å². The fraction of sp³-hybridized carbons (Fsp3) is 0.500. The highest BCUT2D eigenvalue weighted by Crippen LogP contribution is 2.40. The Morgan fingerprint density at radius 1 is 1.19 bits per heavy atom. The number of fused-ring (bicyclic) bond motifs is 1. The van der Waals surface area contributed by atoms with Crippen LogP contribution in [0, 0.1) is 0 Å². The molecule has 4 rings (SSSR count). The van der Waals surface area contributed by atoms with Crippen LogP contribution < -0.4 is 5.73 Å². The number of thiophene rings is 1. The summed E-state index contributed by atoms with van der Waals surface area (Å²) in [5.41, 5.74) is 6.48. The number of hydrogen-bond donors (Lipinski definition) is 1. The monoisotopic (exact) mass is 387 g/mol. The Morgan fingerprint density at radius 3 is 2.74 bits per heavy atom. The van der Waals surface area contributed by atoms with Crippen molar-refractivity contribution < 1.29 is 14.3 Å². The zero-order valence-electron chi connectivity index (χ0n) is 15.4. The molecular formula is C20H25N3O3S. The average molecular weight is 388 g/mol. The Labute approximate surface area is 162 Å². The summed E-state index contributed by atoms with van der Waals surface area (Å²) in [6.07, 6.45) is 1.39. The predicted octanol–water partition coefficient (Wildman–Crippen LogP) is 2.04. The van der Waals surface area contributed by atoms with Gasteiger partial charge in [-0.2, -0.15) is 0 Å². The number of amides is 2. The molecule has 2 aliphatic heterocycles. The number of ether oxygens (including phenoxy) is 1. The number of benzene rings is 1. The van der Waals surface area contributed by atoms with E-state index in [9.17, 15) is 9.59 Å². The Morgan fingerprint density at radius 2 is 1.96 bits per heavy atom. The van der Waals surface area contributed by atoms with E-state index in [1.54, 1.807) is 11.3 Å². The van der Waals surface area contributed by atoms with Crippen molar-refractivity contribution in [3.63, 3.8) is 0 Å². The first kappa shape index (κ1) is 18.4. The molecule has 2 aromatic rings. The number of rotatable bonds is 5. The molecule has 1 aromatic heterocycles. The third-order valence-electron chi connectivity index (χ3n) is 5.48. The molecular weight excluding hydrogens is 362 g/mol. The van der Waals surface area contributed by atoms with E-state index in [2.05, 4.69) is 17.0 Å². The molecule has 0 unspecified atom stereocenters. The summed E-state index contributed by atoms with van der Waals surface area (Å²) in [7, 11) is 0. The Bertz CT molecular complexity index is 844. The van der Waals surface area contributed by atoms with E-state index in [0.29, 0.717) is 45.2 Å². The van der Waals surface area contributed by atoms with Gasteiger partial charge in [0.1, 0.15) is 0 Å². The largest absolute Gasteiger partial charge is 0.378 e. The van der Waals surface area contributed by atoms with E-state index in [1.165, 1.54) is 15.6 Å². The summed E-state index contributed by atoms with van der Waals surface area (Å²) in [5.74, 6) is 0.182. The molecule has 1 atom stereocenters. The number of hydrogen-bond acceptors (Lipinski definition) is 5. The van der Waals surface area contributed by atoms with Gasteiger partial charge in [-0.15, -0.1) is 11.3 Å². The van der Waals surface area contributed by atoms with Gasteiger partial charge >= 0.3 is 0 Å². The zero-order chi connectivity index (χ0) is 18.8. The molecule has 2 saturated heterocycles. The quantitative estimate of drug-likeness (QED) is 0.852. The Kier molecular flexibility index (Phi) is 5.43.